The van der Waals surface area contributed by atoms with Gasteiger partial charge in [-0.15, -0.1) is 11.3 Å². The van der Waals surface area contributed by atoms with E-state index in [9.17, 15) is 4.79 Å². The highest BCUT2D eigenvalue weighted by Gasteiger charge is 2.30. The molecule has 1 aliphatic carbocycles. The topological polar surface area (TPSA) is 55.3 Å². The summed E-state index contributed by atoms with van der Waals surface area (Å²) in [6.07, 6.45) is 2.33. The van der Waals surface area contributed by atoms with Crippen LogP contribution in [-0.4, -0.2) is 34.9 Å². The van der Waals surface area contributed by atoms with Gasteiger partial charge in [-0.2, -0.15) is 0 Å². The number of carbonyl (C=O) groups is 1. The maximum Gasteiger partial charge on any atom is 0.264 e. The summed E-state index contributed by atoms with van der Waals surface area (Å²) in [5.74, 6) is 2.23. The van der Waals surface area contributed by atoms with Crippen LogP contribution in [0.1, 0.15) is 64.0 Å². The molecule has 6 heteroatoms. The SMILES string of the molecule is COc1ccccc1C(C)N(C)C(=O)c1sc2nc(C3CC3)nc(C)c2c1C. The number of benzene rings is 1. The molecule has 1 unspecified atom stereocenters. The van der Waals surface area contributed by atoms with Gasteiger partial charge in [0, 0.05) is 23.9 Å². The first-order chi connectivity index (χ1) is 13.4. The second kappa shape index (κ2) is 7.17. The Morgan fingerprint density at radius 2 is 1.96 bits per heavy atom. The molecule has 2 heterocycles. The van der Waals surface area contributed by atoms with Gasteiger partial charge in [0.15, 0.2) is 0 Å². The van der Waals surface area contributed by atoms with Crippen molar-refractivity contribution in [2.45, 2.75) is 45.6 Å². The number of rotatable bonds is 5. The molecule has 146 valence electrons. The molecule has 1 atom stereocenters. The maximum absolute atomic E-state index is 13.3. The van der Waals surface area contributed by atoms with Crippen LogP contribution in [0.25, 0.3) is 10.2 Å². The van der Waals surface area contributed by atoms with Gasteiger partial charge in [0.05, 0.1) is 23.7 Å². The van der Waals surface area contributed by atoms with E-state index in [1.165, 1.54) is 24.2 Å². The van der Waals surface area contributed by atoms with Crippen LogP contribution in [0.2, 0.25) is 0 Å². The smallest absolute Gasteiger partial charge is 0.264 e. The van der Waals surface area contributed by atoms with E-state index >= 15 is 0 Å². The largest absolute Gasteiger partial charge is 0.496 e. The van der Waals surface area contributed by atoms with E-state index in [-0.39, 0.29) is 11.9 Å². The molecule has 0 radical (unpaired) electrons. The van der Waals surface area contributed by atoms with Crippen LogP contribution >= 0.6 is 11.3 Å². The molecule has 1 amide bonds. The molecule has 1 saturated carbocycles. The third-order valence-electron chi connectivity index (χ3n) is 5.62. The quantitative estimate of drug-likeness (QED) is 0.608. The van der Waals surface area contributed by atoms with Crippen molar-refractivity contribution < 1.29 is 9.53 Å². The number of carbonyl (C=O) groups excluding carboxylic acids is 1. The maximum atomic E-state index is 13.3. The summed E-state index contributed by atoms with van der Waals surface area (Å²) >= 11 is 1.48. The predicted octanol–water partition coefficient (Wildman–Crippen LogP) is 5.03. The van der Waals surface area contributed by atoms with Crippen molar-refractivity contribution in [2.75, 3.05) is 14.2 Å². The number of ether oxygens (including phenoxy) is 1. The van der Waals surface area contributed by atoms with E-state index in [0.717, 1.165) is 43.5 Å². The van der Waals surface area contributed by atoms with E-state index in [0.29, 0.717) is 5.92 Å². The van der Waals surface area contributed by atoms with Crippen LogP contribution in [-0.2, 0) is 0 Å². The minimum atomic E-state index is -0.109. The van der Waals surface area contributed by atoms with Crippen molar-refractivity contribution in [3.63, 3.8) is 0 Å². The molecule has 2 aromatic heterocycles. The molecule has 0 N–H and O–H groups in total. The Morgan fingerprint density at radius 3 is 2.64 bits per heavy atom. The van der Waals surface area contributed by atoms with Crippen molar-refractivity contribution >= 4 is 27.5 Å². The summed E-state index contributed by atoms with van der Waals surface area (Å²) in [6, 6.07) is 7.72. The molecular formula is C22H25N3O2S. The van der Waals surface area contributed by atoms with Gasteiger partial charge in [-0.05, 0) is 45.2 Å². The lowest BCUT2D eigenvalue weighted by Gasteiger charge is -2.26. The van der Waals surface area contributed by atoms with Gasteiger partial charge in [-0.3, -0.25) is 4.79 Å². The van der Waals surface area contributed by atoms with Gasteiger partial charge in [-0.1, -0.05) is 18.2 Å². The van der Waals surface area contributed by atoms with Crippen molar-refractivity contribution in [3.8, 4) is 5.75 Å². The van der Waals surface area contributed by atoms with Gasteiger partial charge in [0.1, 0.15) is 16.4 Å². The molecule has 0 aliphatic heterocycles. The van der Waals surface area contributed by atoms with E-state index in [1.54, 1.807) is 12.0 Å². The second-order valence-electron chi connectivity index (χ2n) is 7.51. The number of amides is 1. The van der Waals surface area contributed by atoms with Gasteiger partial charge >= 0.3 is 0 Å². The first-order valence-electron chi connectivity index (χ1n) is 9.60. The number of aryl methyl sites for hydroxylation is 2. The standard InChI is InChI=1S/C22H25N3O2S/c1-12-18-13(2)23-20(15-10-11-15)24-21(18)28-19(12)22(26)25(4)14(3)16-8-6-7-9-17(16)27-5/h6-9,14-15H,10-11H2,1-5H3. The number of thiophene rings is 1. The number of hydrogen-bond acceptors (Lipinski definition) is 5. The first-order valence-corrected chi connectivity index (χ1v) is 10.4. The number of fused-ring (bicyclic) bond motifs is 1. The van der Waals surface area contributed by atoms with Crippen LogP contribution < -0.4 is 4.74 Å². The third kappa shape index (κ3) is 3.15. The first kappa shape index (κ1) is 18.9. The predicted molar refractivity (Wildman–Crippen MR) is 112 cm³/mol. The number of nitrogens with zero attached hydrogens (tertiary/aromatic N) is 3. The van der Waals surface area contributed by atoms with Gasteiger partial charge in [-0.25, -0.2) is 9.97 Å². The molecule has 4 rings (SSSR count). The molecule has 0 saturated heterocycles. The van der Waals surface area contributed by atoms with Gasteiger partial charge in [0.25, 0.3) is 5.91 Å². The summed E-state index contributed by atoms with van der Waals surface area (Å²) in [5, 5.41) is 1.02. The van der Waals surface area contributed by atoms with Crippen LogP contribution in [0.5, 0.6) is 5.75 Å². The number of para-hydroxylation sites is 1. The second-order valence-corrected chi connectivity index (χ2v) is 8.51. The molecule has 0 bridgehead atoms. The fourth-order valence-electron chi connectivity index (χ4n) is 3.64. The van der Waals surface area contributed by atoms with E-state index in [4.69, 9.17) is 14.7 Å². The Kier molecular flexibility index (Phi) is 4.83. The average molecular weight is 396 g/mol. The molecular weight excluding hydrogens is 370 g/mol. The Hall–Kier alpha value is -2.47. The third-order valence-corrected chi connectivity index (χ3v) is 6.79. The Labute approximate surface area is 169 Å². The fourth-order valence-corrected chi connectivity index (χ4v) is 4.87. The average Bonchev–Trinajstić information content (AvgIpc) is 3.50. The molecule has 1 fully saturated rings. The molecule has 1 aliphatic rings. The zero-order valence-electron chi connectivity index (χ0n) is 16.9. The summed E-state index contributed by atoms with van der Waals surface area (Å²) in [5.41, 5.74) is 2.94. The Morgan fingerprint density at radius 1 is 1.25 bits per heavy atom. The minimum absolute atomic E-state index is 0.00581. The van der Waals surface area contributed by atoms with E-state index in [1.807, 2.05) is 52.1 Å². The number of hydrogen-bond donors (Lipinski definition) is 0. The minimum Gasteiger partial charge on any atom is -0.496 e. The number of aromatic nitrogens is 2. The van der Waals surface area contributed by atoms with Gasteiger partial charge in [0.2, 0.25) is 0 Å². The van der Waals surface area contributed by atoms with Crippen molar-refractivity contribution in [3.05, 3.63) is 51.8 Å². The monoisotopic (exact) mass is 395 g/mol. The number of methoxy groups -OCH3 is 1. The lowest BCUT2D eigenvalue weighted by Crippen LogP contribution is -2.29. The summed E-state index contributed by atoms with van der Waals surface area (Å²) in [6.45, 7) is 6.04. The Balaban J connectivity index is 1.70. The molecule has 1 aromatic carbocycles. The highest BCUT2D eigenvalue weighted by molar-refractivity contribution is 7.20. The van der Waals surface area contributed by atoms with Crippen LogP contribution in [0, 0.1) is 13.8 Å². The van der Waals surface area contributed by atoms with Gasteiger partial charge < -0.3 is 9.64 Å². The summed E-state index contributed by atoms with van der Waals surface area (Å²) < 4.78 is 5.48. The van der Waals surface area contributed by atoms with Crippen molar-refractivity contribution in [1.82, 2.24) is 14.9 Å². The highest BCUT2D eigenvalue weighted by atomic mass is 32.1. The molecule has 28 heavy (non-hydrogen) atoms. The van der Waals surface area contributed by atoms with E-state index in [2.05, 4.69) is 0 Å². The van der Waals surface area contributed by atoms with Crippen LogP contribution in [0.15, 0.2) is 24.3 Å². The lowest BCUT2D eigenvalue weighted by molar-refractivity contribution is 0.0745. The van der Waals surface area contributed by atoms with Crippen LogP contribution in [0.4, 0.5) is 0 Å². The Bertz CT molecular complexity index is 1060. The van der Waals surface area contributed by atoms with E-state index < -0.39 is 0 Å². The van der Waals surface area contributed by atoms with Crippen molar-refractivity contribution in [2.24, 2.45) is 0 Å². The normalized spacial score (nSPS) is 14.9. The van der Waals surface area contributed by atoms with Crippen molar-refractivity contribution in [1.29, 1.82) is 0 Å². The molecule has 5 nitrogen and oxygen atoms in total. The lowest BCUT2D eigenvalue weighted by atomic mass is 10.1. The molecule has 3 aromatic rings. The fraction of sp³-hybridized carbons (Fsp3) is 0.409. The zero-order chi connectivity index (χ0) is 20.0. The summed E-state index contributed by atoms with van der Waals surface area (Å²) in [7, 11) is 3.50. The molecule has 0 spiro atoms. The summed E-state index contributed by atoms with van der Waals surface area (Å²) in [4.78, 5) is 26.3. The van der Waals surface area contributed by atoms with Crippen LogP contribution in [0.3, 0.4) is 0 Å². The zero-order valence-corrected chi connectivity index (χ0v) is 17.8. The highest BCUT2D eigenvalue weighted by Crippen LogP contribution is 2.41.